The number of ether oxygens (including phenoxy) is 2. The number of carbonyl (C=O) groups excluding carboxylic acids is 1. The fourth-order valence-electron chi connectivity index (χ4n) is 4.28. The summed E-state index contributed by atoms with van der Waals surface area (Å²) in [6.07, 6.45) is 4.55. The van der Waals surface area contributed by atoms with Gasteiger partial charge in [-0.1, -0.05) is 25.5 Å². The molecule has 1 fully saturated rings. The second kappa shape index (κ2) is 9.46. The van der Waals surface area contributed by atoms with Gasteiger partial charge < -0.3 is 18.9 Å². The van der Waals surface area contributed by atoms with Crippen molar-refractivity contribution in [1.82, 2.24) is 14.4 Å². The highest BCUT2D eigenvalue weighted by molar-refractivity contribution is 5.77. The van der Waals surface area contributed by atoms with Gasteiger partial charge >= 0.3 is 0 Å². The standard InChI is InChI=1S/C23H31N3O3/c1-2-4-21-22-5-3-10-24(22)11-12-26(21)17-19-6-8-20(9-7-19)29-18-23(27)25-13-15-28-16-14-25/h3,5-10,21H,2,4,11-18H2,1H3. The molecule has 1 atom stereocenters. The zero-order valence-electron chi connectivity index (χ0n) is 17.3. The van der Waals surface area contributed by atoms with Crippen LogP contribution in [0.3, 0.4) is 0 Å². The van der Waals surface area contributed by atoms with Gasteiger partial charge in [0, 0.05) is 44.6 Å². The predicted octanol–water partition coefficient (Wildman–Crippen LogP) is 3.08. The Labute approximate surface area is 173 Å². The molecule has 0 saturated carbocycles. The lowest BCUT2D eigenvalue weighted by Crippen LogP contribution is -2.42. The van der Waals surface area contributed by atoms with E-state index in [1.807, 2.05) is 12.1 Å². The van der Waals surface area contributed by atoms with Gasteiger partial charge in [-0.2, -0.15) is 0 Å². The fourth-order valence-corrected chi connectivity index (χ4v) is 4.28. The first kappa shape index (κ1) is 20.0. The van der Waals surface area contributed by atoms with Crippen LogP contribution < -0.4 is 4.74 Å². The van der Waals surface area contributed by atoms with Crippen molar-refractivity contribution in [2.75, 3.05) is 39.5 Å². The van der Waals surface area contributed by atoms with Gasteiger partial charge in [-0.15, -0.1) is 0 Å². The maximum Gasteiger partial charge on any atom is 0.260 e. The first-order chi connectivity index (χ1) is 14.2. The SMILES string of the molecule is CCCC1c2cccn2CCN1Cc1ccc(OCC(=O)N2CCOCC2)cc1. The van der Waals surface area contributed by atoms with Crippen molar-refractivity contribution < 1.29 is 14.3 Å². The van der Waals surface area contributed by atoms with Gasteiger partial charge in [0.1, 0.15) is 5.75 Å². The third-order valence-electron chi connectivity index (χ3n) is 5.87. The van der Waals surface area contributed by atoms with Crippen LogP contribution in [0.1, 0.15) is 37.1 Å². The van der Waals surface area contributed by atoms with Gasteiger partial charge in [0.15, 0.2) is 6.61 Å². The molecule has 1 amide bonds. The molecule has 2 aromatic rings. The molecule has 1 aromatic heterocycles. The van der Waals surface area contributed by atoms with E-state index in [2.05, 4.69) is 46.9 Å². The van der Waals surface area contributed by atoms with E-state index in [0.717, 1.165) is 25.4 Å². The van der Waals surface area contributed by atoms with Crippen LogP contribution >= 0.6 is 0 Å². The minimum atomic E-state index is 0.0242. The molecular weight excluding hydrogens is 366 g/mol. The van der Waals surface area contributed by atoms with Crippen LogP contribution in [0.4, 0.5) is 0 Å². The van der Waals surface area contributed by atoms with Gasteiger partial charge in [0.2, 0.25) is 0 Å². The Morgan fingerprint density at radius 2 is 1.90 bits per heavy atom. The minimum Gasteiger partial charge on any atom is -0.484 e. The predicted molar refractivity (Wildman–Crippen MR) is 112 cm³/mol. The first-order valence-electron chi connectivity index (χ1n) is 10.7. The summed E-state index contributed by atoms with van der Waals surface area (Å²) in [5, 5.41) is 0. The van der Waals surface area contributed by atoms with E-state index in [9.17, 15) is 4.79 Å². The van der Waals surface area contributed by atoms with Crippen LogP contribution in [0.25, 0.3) is 0 Å². The van der Waals surface area contributed by atoms with E-state index in [4.69, 9.17) is 9.47 Å². The number of morpholine rings is 1. The molecule has 0 bridgehead atoms. The summed E-state index contributed by atoms with van der Waals surface area (Å²) in [6, 6.07) is 13.1. The monoisotopic (exact) mass is 397 g/mol. The van der Waals surface area contributed by atoms with Crippen LogP contribution in [-0.4, -0.2) is 59.7 Å². The third kappa shape index (κ3) is 4.82. The molecule has 1 saturated heterocycles. The molecule has 3 heterocycles. The number of benzene rings is 1. The summed E-state index contributed by atoms with van der Waals surface area (Å²) in [5.41, 5.74) is 2.71. The molecule has 0 aliphatic carbocycles. The highest BCUT2D eigenvalue weighted by Gasteiger charge is 2.26. The molecule has 0 radical (unpaired) electrons. The zero-order valence-corrected chi connectivity index (χ0v) is 17.3. The van der Waals surface area contributed by atoms with Gasteiger partial charge in [-0.25, -0.2) is 0 Å². The number of rotatable bonds is 7. The maximum atomic E-state index is 12.2. The third-order valence-corrected chi connectivity index (χ3v) is 5.87. The van der Waals surface area contributed by atoms with Crippen LogP contribution in [-0.2, 0) is 22.6 Å². The molecule has 0 N–H and O–H groups in total. The van der Waals surface area contributed by atoms with Crippen LogP contribution in [0.2, 0.25) is 0 Å². The molecular formula is C23H31N3O3. The van der Waals surface area contributed by atoms with Crippen molar-refractivity contribution in [3.63, 3.8) is 0 Å². The van der Waals surface area contributed by atoms with Crippen LogP contribution in [0.15, 0.2) is 42.6 Å². The van der Waals surface area contributed by atoms with Gasteiger partial charge in [0.25, 0.3) is 5.91 Å². The van der Waals surface area contributed by atoms with E-state index in [0.29, 0.717) is 32.3 Å². The van der Waals surface area contributed by atoms with Crippen molar-refractivity contribution in [1.29, 1.82) is 0 Å². The highest BCUT2D eigenvalue weighted by Crippen LogP contribution is 2.31. The van der Waals surface area contributed by atoms with E-state index < -0.39 is 0 Å². The summed E-state index contributed by atoms with van der Waals surface area (Å²) in [4.78, 5) is 16.6. The molecule has 2 aliphatic rings. The van der Waals surface area contributed by atoms with Crippen LogP contribution in [0.5, 0.6) is 5.75 Å². The number of hydrogen-bond donors (Lipinski definition) is 0. The van der Waals surface area contributed by atoms with Crippen molar-refractivity contribution in [2.45, 2.75) is 38.9 Å². The second-order valence-corrected chi connectivity index (χ2v) is 7.83. The summed E-state index contributed by atoms with van der Waals surface area (Å²) in [5.74, 6) is 0.768. The Bertz CT molecular complexity index is 796. The van der Waals surface area contributed by atoms with E-state index in [1.165, 1.54) is 24.1 Å². The Hall–Kier alpha value is -2.31. The number of aromatic nitrogens is 1. The normalized spacial score (nSPS) is 19.8. The maximum absolute atomic E-state index is 12.2. The summed E-state index contributed by atoms with van der Waals surface area (Å²) < 4.78 is 13.4. The van der Waals surface area contributed by atoms with Crippen molar-refractivity contribution in [2.24, 2.45) is 0 Å². The summed E-state index contributed by atoms with van der Waals surface area (Å²) in [7, 11) is 0. The number of carbonyl (C=O) groups is 1. The highest BCUT2D eigenvalue weighted by atomic mass is 16.5. The molecule has 1 unspecified atom stereocenters. The van der Waals surface area contributed by atoms with E-state index in [1.54, 1.807) is 4.90 Å². The van der Waals surface area contributed by atoms with Crippen molar-refractivity contribution >= 4 is 5.91 Å². The van der Waals surface area contributed by atoms with Crippen molar-refractivity contribution in [3.8, 4) is 5.75 Å². The van der Waals surface area contributed by atoms with E-state index in [-0.39, 0.29) is 12.5 Å². The second-order valence-electron chi connectivity index (χ2n) is 7.83. The molecule has 1 aromatic carbocycles. The van der Waals surface area contributed by atoms with Gasteiger partial charge in [-0.3, -0.25) is 9.69 Å². The Morgan fingerprint density at radius 1 is 1.10 bits per heavy atom. The topological polar surface area (TPSA) is 46.9 Å². The lowest BCUT2D eigenvalue weighted by molar-refractivity contribution is -0.137. The average molecular weight is 398 g/mol. The summed E-state index contributed by atoms with van der Waals surface area (Å²) in [6.45, 7) is 7.92. The Morgan fingerprint density at radius 3 is 2.66 bits per heavy atom. The average Bonchev–Trinajstić information content (AvgIpc) is 3.24. The summed E-state index contributed by atoms with van der Waals surface area (Å²) >= 11 is 0. The number of fused-ring (bicyclic) bond motifs is 1. The Kier molecular flexibility index (Phi) is 6.52. The van der Waals surface area contributed by atoms with Crippen molar-refractivity contribution in [3.05, 3.63) is 53.9 Å². The number of nitrogens with zero attached hydrogens (tertiary/aromatic N) is 3. The van der Waals surface area contributed by atoms with Gasteiger partial charge in [-0.05, 0) is 36.2 Å². The molecule has 29 heavy (non-hydrogen) atoms. The molecule has 6 nitrogen and oxygen atoms in total. The molecule has 156 valence electrons. The van der Waals surface area contributed by atoms with E-state index >= 15 is 0 Å². The number of amides is 1. The van der Waals surface area contributed by atoms with Crippen LogP contribution in [0, 0.1) is 0 Å². The molecule has 6 heteroatoms. The molecule has 2 aliphatic heterocycles. The fraction of sp³-hybridized carbons (Fsp3) is 0.522. The molecule has 4 rings (SSSR count). The lowest BCUT2D eigenvalue weighted by Gasteiger charge is -2.37. The number of hydrogen-bond acceptors (Lipinski definition) is 4. The smallest absolute Gasteiger partial charge is 0.260 e. The first-order valence-corrected chi connectivity index (χ1v) is 10.7. The lowest BCUT2D eigenvalue weighted by atomic mass is 10.0. The zero-order chi connectivity index (χ0) is 20.1. The minimum absolute atomic E-state index is 0.0242. The van der Waals surface area contributed by atoms with Gasteiger partial charge in [0.05, 0.1) is 19.3 Å². The quantitative estimate of drug-likeness (QED) is 0.720. The largest absolute Gasteiger partial charge is 0.484 e. The Balaban J connectivity index is 1.32. The molecule has 0 spiro atoms.